The number of hydrogen-bond donors (Lipinski definition) is 0. The van der Waals surface area contributed by atoms with Gasteiger partial charge in [0.1, 0.15) is 5.75 Å². The van der Waals surface area contributed by atoms with Gasteiger partial charge in [0.2, 0.25) is 0 Å². The van der Waals surface area contributed by atoms with E-state index in [9.17, 15) is 4.79 Å². The Morgan fingerprint density at radius 2 is 1.95 bits per heavy atom. The van der Waals surface area contributed by atoms with Crippen molar-refractivity contribution in [2.45, 2.75) is 33.3 Å². The third kappa shape index (κ3) is 2.71. The zero-order valence-electron chi connectivity index (χ0n) is 13.3. The van der Waals surface area contributed by atoms with E-state index in [2.05, 4.69) is 12.1 Å². The van der Waals surface area contributed by atoms with Crippen molar-refractivity contribution in [3.8, 4) is 5.75 Å². The zero-order chi connectivity index (χ0) is 15.7. The highest BCUT2D eigenvalue weighted by atomic mass is 16.5. The van der Waals surface area contributed by atoms with Gasteiger partial charge in [-0.2, -0.15) is 0 Å². The lowest BCUT2D eigenvalue weighted by molar-refractivity contribution is -0.124. The summed E-state index contributed by atoms with van der Waals surface area (Å²) < 4.78 is 5.90. The van der Waals surface area contributed by atoms with Gasteiger partial charge in [0.05, 0.1) is 0 Å². The first-order valence-electron chi connectivity index (χ1n) is 7.69. The maximum atomic E-state index is 12.7. The van der Waals surface area contributed by atoms with Crippen LogP contribution in [0.2, 0.25) is 0 Å². The van der Waals surface area contributed by atoms with Gasteiger partial charge in [0.15, 0.2) is 6.10 Å². The Morgan fingerprint density at radius 1 is 1.18 bits per heavy atom. The molecule has 0 saturated carbocycles. The Hall–Kier alpha value is -2.29. The standard InChI is InChI=1S/C19H21NO2/c1-13-8-9-18(14(2)12-13)22-15(3)19(21)20-11-10-16-6-4-5-7-17(16)20/h4-9,12,15H,10-11H2,1-3H3/t15-/m1/s1. The number of para-hydroxylation sites is 1. The number of aryl methyl sites for hydroxylation is 2. The second kappa shape index (κ2) is 5.84. The van der Waals surface area contributed by atoms with E-state index >= 15 is 0 Å². The third-order valence-corrected chi connectivity index (χ3v) is 4.14. The quantitative estimate of drug-likeness (QED) is 0.865. The number of carbonyl (C=O) groups is 1. The smallest absolute Gasteiger partial charge is 0.267 e. The first kappa shape index (κ1) is 14.6. The number of rotatable bonds is 3. The fourth-order valence-corrected chi connectivity index (χ4v) is 2.96. The van der Waals surface area contributed by atoms with E-state index in [1.807, 2.05) is 56.0 Å². The maximum Gasteiger partial charge on any atom is 0.267 e. The van der Waals surface area contributed by atoms with Crippen molar-refractivity contribution in [1.29, 1.82) is 0 Å². The first-order valence-corrected chi connectivity index (χ1v) is 7.69. The number of benzene rings is 2. The molecule has 1 atom stereocenters. The summed E-state index contributed by atoms with van der Waals surface area (Å²) in [5, 5.41) is 0. The lowest BCUT2D eigenvalue weighted by Crippen LogP contribution is -2.39. The summed E-state index contributed by atoms with van der Waals surface area (Å²) in [5.74, 6) is 0.795. The van der Waals surface area contributed by atoms with E-state index in [4.69, 9.17) is 4.74 Å². The number of fused-ring (bicyclic) bond motifs is 1. The van der Waals surface area contributed by atoms with E-state index < -0.39 is 6.10 Å². The molecule has 3 rings (SSSR count). The molecule has 2 aromatic carbocycles. The van der Waals surface area contributed by atoms with Gasteiger partial charge in [0, 0.05) is 12.2 Å². The second-order valence-electron chi connectivity index (χ2n) is 5.90. The van der Waals surface area contributed by atoms with Crippen LogP contribution >= 0.6 is 0 Å². The minimum atomic E-state index is -0.493. The number of anilines is 1. The molecule has 0 spiro atoms. The Labute approximate surface area is 131 Å². The molecule has 0 saturated heterocycles. The predicted octanol–water partition coefficient (Wildman–Crippen LogP) is 3.66. The van der Waals surface area contributed by atoms with Gasteiger partial charge in [-0.05, 0) is 50.5 Å². The molecule has 1 heterocycles. The highest BCUT2D eigenvalue weighted by molar-refractivity contribution is 5.98. The van der Waals surface area contributed by atoms with Crippen molar-refractivity contribution in [3.63, 3.8) is 0 Å². The Bertz CT molecular complexity index is 708. The average Bonchev–Trinajstić information content (AvgIpc) is 2.93. The van der Waals surface area contributed by atoms with Crippen LogP contribution in [0.4, 0.5) is 5.69 Å². The highest BCUT2D eigenvalue weighted by Gasteiger charge is 2.28. The minimum Gasteiger partial charge on any atom is -0.481 e. The lowest BCUT2D eigenvalue weighted by atomic mass is 10.1. The first-order chi connectivity index (χ1) is 10.6. The van der Waals surface area contributed by atoms with Crippen LogP contribution in [-0.4, -0.2) is 18.6 Å². The summed E-state index contributed by atoms with van der Waals surface area (Å²) in [6.45, 7) is 6.61. The summed E-state index contributed by atoms with van der Waals surface area (Å²) in [5.41, 5.74) is 4.50. The van der Waals surface area contributed by atoms with E-state index in [0.717, 1.165) is 30.0 Å². The van der Waals surface area contributed by atoms with E-state index in [1.165, 1.54) is 11.1 Å². The molecule has 22 heavy (non-hydrogen) atoms. The van der Waals surface area contributed by atoms with Crippen molar-refractivity contribution in [3.05, 3.63) is 59.2 Å². The molecule has 3 nitrogen and oxygen atoms in total. The fourth-order valence-electron chi connectivity index (χ4n) is 2.96. The van der Waals surface area contributed by atoms with Crippen LogP contribution in [0.15, 0.2) is 42.5 Å². The Balaban J connectivity index is 1.76. The normalized spacial score (nSPS) is 14.6. The molecular formula is C19H21NO2. The molecule has 1 aliphatic heterocycles. The van der Waals surface area contributed by atoms with Crippen molar-refractivity contribution < 1.29 is 9.53 Å². The fraction of sp³-hybridized carbons (Fsp3) is 0.316. The van der Waals surface area contributed by atoms with E-state index in [-0.39, 0.29) is 5.91 Å². The van der Waals surface area contributed by atoms with Crippen molar-refractivity contribution in [1.82, 2.24) is 0 Å². The number of carbonyl (C=O) groups excluding carboxylic acids is 1. The van der Waals surface area contributed by atoms with Crippen LogP contribution in [0, 0.1) is 13.8 Å². The highest BCUT2D eigenvalue weighted by Crippen LogP contribution is 2.29. The van der Waals surface area contributed by atoms with Gasteiger partial charge in [0.25, 0.3) is 5.91 Å². The Morgan fingerprint density at radius 3 is 2.73 bits per heavy atom. The molecule has 2 aromatic rings. The topological polar surface area (TPSA) is 29.5 Å². The van der Waals surface area contributed by atoms with Crippen molar-refractivity contribution in [2.24, 2.45) is 0 Å². The summed E-state index contributed by atoms with van der Waals surface area (Å²) in [7, 11) is 0. The third-order valence-electron chi connectivity index (χ3n) is 4.14. The molecule has 0 aliphatic carbocycles. The molecule has 0 bridgehead atoms. The van der Waals surface area contributed by atoms with Crippen molar-refractivity contribution in [2.75, 3.05) is 11.4 Å². The second-order valence-corrected chi connectivity index (χ2v) is 5.90. The van der Waals surface area contributed by atoms with Gasteiger partial charge in [-0.1, -0.05) is 35.9 Å². The monoisotopic (exact) mass is 295 g/mol. The summed E-state index contributed by atoms with van der Waals surface area (Å²) in [6, 6.07) is 14.1. The average molecular weight is 295 g/mol. The minimum absolute atomic E-state index is 0.0184. The molecule has 114 valence electrons. The van der Waals surface area contributed by atoms with Crippen LogP contribution < -0.4 is 9.64 Å². The van der Waals surface area contributed by atoms with Crippen LogP contribution in [0.3, 0.4) is 0 Å². The van der Waals surface area contributed by atoms with Gasteiger partial charge in [-0.3, -0.25) is 4.79 Å². The van der Waals surface area contributed by atoms with Crippen LogP contribution in [0.25, 0.3) is 0 Å². The molecule has 0 fully saturated rings. The largest absolute Gasteiger partial charge is 0.481 e. The molecule has 0 N–H and O–H groups in total. The maximum absolute atomic E-state index is 12.7. The molecule has 0 radical (unpaired) electrons. The molecule has 0 aromatic heterocycles. The van der Waals surface area contributed by atoms with Crippen LogP contribution in [-0.2, 0) is 11.2 Å². The molecular weight excluding hydrogens is 274 g/mol. The van der Waals surface area contributed by atoms with Crippen LogP contribution in [0.1, 0.15) is 23.6 Å². The molecule has 1 amide bonds. The van der Waals surface area contributed by atoms with Crippen molar-refractivity contribution >= 4 is 11.6 Å². The SMILES string of the molecule is Cc1ccc(O[C@H](C)C(=O)N2CCc3ccccc32)c(C)c1. The number of hydrogen-bond acceptors (Lipinski definition) is 2. The van der Waals surface area contributed by atoms with E-state index in [1.54, 1.807) is 0 Å². The van der Waals surface area contributed by atoms with Crippen LogP contribution in [0.5, 0.6) is 5.75 Å². The summed E-state index contributed by atoms with van der Waals surface area (Å²) in [4.78, 5) is 14.5. The van der Waals surface area contributed by atoms with Gasteiger partial charge in [-0.15, -0.1) is 0 Å². The Kier molecular flexibility index (Phi) is 3.88. The number of nitrogens with zero attached hydrogens (tertiary/aromatic N) is 1. The summed E-state index contributed by atoms with van der Waals surface area (Å²) in [6.07, 6.45) is 0.422. The molecule has 3 heteroatoms. The van der Waals surface area contributed by atoms with Gasteiger partial charge >= 0.3 is 0 Å². The number of amides is 1. The molecule has 0 unspecified atom stereocenters. The van der Waals surface area contributed by atoms with Gasteiger partial charge in [-0.25, -0.2) is 0 Å². The van der Waals surface area contributed by atoms with E-state index in [0.29, 0.717) is 0 Å². The zero-order valence-corrected chi connectivity index (χ0v) is 13.3. The molecule has 1 aliphatic rings. The summed E-state index contributed by atoms with van der Waals surface area (Å²) >= 11 is 0. The predicted molar refractivity (Wildman–Crippen MR) is 88.5 cm³/mol. The number of ether oxygens (including phenoxy) is 1. The lowest BCUT2D eigenvalue weighted by Gasteiger charge is -2.23. The van der Waals surface area contributed by atoms with Gasteiger partial charge < -0.3 is 9.64 Å².